The minimum absolute atomic E-state index is 0.611. The number of rotatable bonds is 24. The Labute approximate surface area is 780 Å². The van der Waals surface area contributed by atoms with Gasteiger partial charge in [0.2, 0.25) is 6.93 Å². The SMILES string of the molecule is C/C(=C\C1CCC(C/C=C/F)CC1)c1c(C)c(C)c(Oc2c(C)c(C)c(C)c(C)c2C)c(C)c1C.C/C(=C\C1CCC(CCC2CCC(C/C=C/F)CC2)CC1)C1CCC(C)CC1.CC(=CC1CCC(C/C=C/F)CC1)c1c(C)c(C)c(-c2c(C)c(C)c(C)c(C)c2C)c(C)c1C.CC(=CC1CCC(C=CC2CCC(C/C=C/F)CC2)CC1)C1CCC(C)CC1.FCF. The first kappa shape index (κ1) is 107. The molecule has 0 unspecified atom stereocenters. The summed E-state index contributed by atoms with van der Waals surface area (Å²) in [6.07, 6.45) is 74.7. The van der Waals surface area contributed by atoms with Crippen LogP contribution >= 0.6 is 0 Å². The summed E-state index contributed by atoms with van der Waals surface area (Å²) in [4.78, 5) is 0. The average molecular weight is 1760 g/mol. The van der Waals surface area contributed by atoms with Crippen LogP contribution in [0.15, 0.2) is 97.2 Å². The summed E-state index contributed by atoms with van der Waals surface area (Å²) in [6.45, 7) is 53.0. The fourth-order valence-electron chi connectivity index (χ4n) is 24.7. The van der Waals surface area contributed by atoms with Crippen LogP contribution in [-0.4, -0.2) is 6.93 Å². The van der Waals surface area contributed by atoms with Gasteiger partial charge < -0.3 is 4.74 Å². The highest BCUT2D eigenvalue weighted by Crippen LogP contribution is 2.48. The molecule has 0 saturated heterocycles. The molecule has 4 aromatic rings. The van der Waals surface area contributed by atoms with Crippen molar-refractivity contribution in [1.82, 2.24) is 0 Å². The fourth-order valence-corrected chi connectivity index (χ4v) is 24.7. The van der Waals surface area contributed by atoms with Crippen molar-refractivity contribution in [2.45, 2.75) is 410 Å². The molecule has 0 atom stereocenters. The van der Waals surface area contributed by atoms with Crippen molar-refractivity contribution in [1.29, 1.82) is 0 Å². The Morgan fingerprint density at radius 2 is 0.469 bits per heavy atom. The van der Waals surface area contributed by atoms with Gasteiger partial charge in [0, 0.05) is 0 Å². The van der Waals surface area contributed by atoms with E-state index >= 15 is 0 Å². The molecule has 4 aromatic carbocycles. The third kappa shape index (κ3) is 30.5. The average Bonchev–Trinajstić information content (AvgIpc) is 0.742. The van der Waals surface area contributed by atoms with Gasteiger partial charge in [0.25, 0.3) is 0 Å². The Kier molecular flexibility index (Phi) is 45.0. The van der Waals surface area contributed by atoms with Crippen molar-refractivity contribution in [2.75, 3.05) is 6.93 Å². The zero-order chi connectivity index (χ0) is 93.6. The van der Waals surface area contributed by atoms with E-state index in [1.807, 2.05) is 0 Å². The predicted molar refractivity (Wildman–Crippen MR) is 545 cm³/mol. The van der Waals surface area contributed by atoms with Crippen LogP contribution in [0.2, 0.25) is 0 Å². The molecule has 8 aliphatic carbocycles. The first-order chi connectivity index (χ1) is 61.2. The number of halogens is 6. The van der Waals surface area contributed by atoms with E-state index in [4.69, 9.17) is 4.74 Å². The number of allylic oxidation sites excluding steroid dienone is 14. The van der Waals surface area contributed by atoms with Crippen LogP contribution in [0.3, 0.4) is 0 Å². The zero-order valence-electron chi connectivity index (χ0n) is 85.6. The molecule has 8 aliphatic rings. The molecule has 0 bridgehead atoms. The van der Waals surface area contributed by atoms with E-state index in [0.717, 1.165) is 115 Å². The molecule has 712 valence electrons. The van der Waals surface area contributed by atoms with Gasteiger partial charge in [-0.25, -0.2) is 26.3 Å². The van der Waals surface area contributed by atoms with Gasteiger partial charge in [-0.05, 0) is 573 Å². The molecule has 8 fully saturated rings. The topological polar surface area (TPSA) is 9.23 Å². The third-order valence-corrected chi connectivity index (χ3v) is 34.9. The first-order valence-electron chi connectivity index (χ1n) is 51.8. The summed E-state index contributed by atoms with van der Waals surface area (Å²) in [5.41, 5.74) is 36.2. The van der Waals surface area contributed by atoms with Crippen molar-refractivity contribution < 1.29 is 31.1 Å². The first-order valence-corrected chi connectivity index (χ1v) is 51.8. The lowest BCUT2D eigenvalue weighted by Gasteiger charge is -2.32. The quantitative estimate of drug-likeness (QED) is 0.0502. The Morgan fingerprint density at radius 1 is 0.258 bits per heavy atom. The van der Waals surface area contributed by atoms with Crippen LogP contribution < -0.4 is 4.74 Å². The van der Waals surface area contributed by atoms with Gasteiger partial charge in [0.05, 0.1) is 25.3 Å². The van der Waals surface area contributed by atoms with E-state index in [-0.39, 0.29) is 0 Å². The second kappa shape index (κ2) is 53.7. The van der Waals surface area contributed by atoms with Crippen molar-refractivity contribution in [3.63, 3.8) is 0 Å². The van der Waals surface area contributed by atoms with E-state index in [9.17, 15) is 26.3 Å². The highest BCUT2D eigenvalue weighted by Gasteiger charge is 2.32. The van der Waals surface area contributed by atoms with Gasteiger partial charge in [-0.3, -0.25) is 0 Å². The van der Waals surface area contributed by atoms with Gasteiger partial charge in [0.1, 0.15) is 11.5 Å². The summed E-state index contributed by atoms with van der Waals surface area (Å²) in [5.74, 6) is 14.9. The lowest BCUT2D eigenvalue weighted by Crippen LogP contribution is -2.18. The fraction of sp³-hybridized carbons (Fsp3) is 0.653. The lowest BCUT2D eigenvalue weighted by atomic mass is 9.74. The normalized spacial score (nSPS) is 27.2. The molecule has 8 saturated carbocycles. The van der Waals surface area contributed by atoms with Gasteiger partial charge in [0.15, 0.2) is 0 Å². The summed E-state index contributed by atoms with van der Waals surface area (Å²) in [5, 5.41) is 0. The summed E-state index contributed by atoms with van der Waals surface area (Å²) in [7, 11) is 0. The van der Waals surface area contributed by atoms with Crippen LogP contribution in [0.4, 0.5) is 26.3 Å². The molecule has 7 heteroatoms. The Hall–Kier alpha value is -6.08. The second-order valence-electron chi connectivity index (χ2n) is 43.1. The second-order valence-corrected chi connectivity index (χ2v) is 43.1. The molecule has 0 amide bonds. The maximum absolute atomic E-state index is 12.4. The summed E-state index contributed by atoms with van der Waals surface area (Å²) in [6, 6.07) is 0. The van der Waals surface area contributed by atoms with E-state index in [1.54, 1.807) is 35.5 Å². The lowest BCUT2D eigenvalue weighted by molar-refractivity contribution is 0.227. The number of alkyl halides is 2. The number of hydrogen-bond donors (Lipinski definition) is 0. The molecule has 0 heterocycles. The van der Waals surface area contributed by atoms with E-state index in [1.165, 1.54) is 352 Å². The van der Waals surface area contributed by atoms with Crippen molar-refractivity contribution in [3.05, 3.63) is 208 Å². The smallest absolute Gasteiger partial charge is 0.229 e. The number of ether oxygens (including phenoxy) is 1. The Balaban J connectivity index is 0.000000210. The van der Waals surface area contributed by atoms with Crippen molar-refractivity contribution in [2.24, 2.45) is 94.7 Å². The molecule has 128 heavy (non-hydrogen) atoms. The van der Waals surface area contributed by atoms with Crippen LogP contribution in [0, 0.1) is 219 Å². The largest absolute Gasteiger partial charge is 0.456 e. The van der Waals surface area contributed by atoms with Gasteiger partial charge >= 0.3 is 0 Å². The predicted octanol–water partition coefficient (Wildman–Crippen LogP) is 39.3. The minimum atomic E-state index is -1.75. The van der Waals surface area contributed by atoms with Gasteiger partial charge in [-0.2, -0.15) is 0 Å². The monoisotopic (exact) mass is 1760 g/mol. The minimum Gasteiger partial charge on any atom is -0.456 e. The van der Waals surface area contributed by atoms with Crippen LogP contribution in [-0.2, 0) is 0 Å². The van der Waals surface area contributed by atoms with Crippen molar-refractivity contribution in [3.8, 4) is 22.6 Å². The summed E-state index contributed by atoms with van der Waals surface area (Å²) >= 11 is 0. The molecular formula is C121H180F6O. The zero-order valence-corrected chi connectivity index (χ0v) is 85.6. The maximum Gasteiger partial charge on any atom is 0.229 e. The molecule has 1 nitrogen and oxygen atoms in total. The van der Waals surface area contributed by atoms with Crippen LogP contribution in [0.25, 0.3) is 22.3 Å². The molecule has 0 aromatic heterocycles. The molecule has 0 spiro atoms. The Morgan fingerprint density at radius 3 is 0.766 bits per heavy atom. The molecule has 12 rings (SSSR count). The Bertz CT molecular complexity index is 4280. The van der Waals surface area contributed by atoms with E-state index in [2.05, 4.69) is 203 Å². The standard InChI is InChI=1S/C33H45FO.C33H45F.C27H45F.C27H43F.CH2F2/c1-19(18-30-15-13-29(14-16-30)12-11-17-34)31-23(5)27(9)33(28(10)24(31)6)35-32-25(7)21(3)20(2)22(4)26(32)8;1-19(18-30-15-13-29(14-16-30)12-11-17-34)31-25(7)27(9)33(28(10)26(31)8)32-23(5)21(3)20(2)22(4)24(32)6;2*1-21-5-17-27(18-6-21)22(2)20-26-15-13-25(14-16-26)12-11-24-9-7-23(8-10-24)4-3-19-28;2-1-3/h11,17-18,29-30H,12-16H2,1-10H3;11,17-18,29-30H,12-16H2,1-10H3;3,19-21,23-27H,4-18H2,1-2H3;3,11-12,19-21,23-27H,4-10,13-18H2,1-2H3;1H2/b17-11+,19-18+;17-11+,19-18?;19-3+,22-20+;12-11?,19-3+,22-20?;. The molecule has 0 aliphatic heterocycles. The number of hydrogen-bond acceptors (Lipinski definition) is 1. The molecule has 0 N–H and O–H groups in total. The van der Waals surface area contributed by atoms with E-state index < -0.39 is 6.93 Å². The summed E-state index contributed by atoms with van der Waals surface area (Å²) < 4.78 is 75.1. The van der Waals surface area contributed by atoms with E-state index in [0.29, 0.717) is 42.7 Å². The van der Waals surface area contributed by atoms with Gasteiger partial charge in [-0.15, -0.1) is 0 Å². The third-order valence-electron chi connectivity index (χ3n) is 34.9. The van der Waals surface area contributed by atoms with Crippen molar-refractivity contribution >= 4 is 11.1 Å². The maximum atomic E-state index is 12.4. The number of benzene rings is 4. The highest BCUT2D eigenvalue weighted by atomic mass is 19.3. The van der Waals surface area contributed by atoms with Crippen LogP contribution in [0.1, 0.15) is 397 Å². The molecular weight excluding hydrogens is 1580 g/mol. The highest BCUT2D eigenvalue weighted by molar-refractivity contribution is 5.85. The van der Waals surface area contributed by atoms with Crippen LogP contribution in [0.5, 0.6) is 11.5 Å². The molecule has 0 radical (unpaired) electrons. The van der Waals surface area contributed by atoms with Gasteiger partial charge in [-0.1, -0.05) is 137 Å².